The van der Waals surface area contributed by atoms with Gasteiger partial charge in [0.05, 0.1) is 18.7 Å². The normalized spacial score (nSPS) is 12.0. The molecule has 1 N–H and O–H groups in total. The zero-order valence-electron chi connectivity index (χ0n) is 15.3. The quantitative estimate of drug-likeness (QED) is 0.336. The molecule has 0 fully saturated rings. The van der Waals surface area contributed by atoms with Gasteiger partial charge in [-0.3, -0.25) is 4.40 Å². The molecule has 150 valence electrons. The Morgan fingerprint density at radius 1 is 1.11 bits per heavy atom. The van der Waals surface area contributed by atoms with Gasteiger partial charge in [-0.2, -0.15) is 13.2 Å². The zero-order valence-corrected chi connectivity index (χ0v) is 17.6. The summed E-state index contributed by atoms with van der Waals surface area (Å²) in [4.78, 5) is 6.32. The first-order chi connectivity index (χ1) is 12.8. The van der Waals surface area contributed by atoms with E-state index in [4.69, 9.17) is 0 Å². The van der Waals surface area contributed by atoms with E-state index >= 15 is 0 Å². The number of fused-ring (bicyclic) bond motifs is 1. The molecule has 0 unspecified atom stereocenters. The summed E-state index contributed by atoms with van der Waals surface area (Å²) >= 11 is 0. The second-order valence-electron chi connectivity index (χ2n) is 6.13. The lowest BCUT2D eigenvalue weighted by Crippen LogP contribution is -2.36. The zero-order chi connectivity index (χ0) is 19.4. The van der Waals surface area contributed by atoms with E-state index in [2.05, 4.69) is 20.5 Å². The molecule has 0 bridgehead atoms. The standard InChI is InChI=1S/C18H19F3N6.HI/c1-26(2)17(22-10-13-6-4-3-5-7-13)23-11-16-25-24-15-9-8-14(12-27(15)16)18(19,20)21;/h3-9,12H,10-11H2,1-2H3,(H,22,23);1H. The summed E-state index contributed by atoms with van der Waals surface area (Å²) in [5.41, 5.74) is 0.662. The Bertz CT molecular complexity index is 937. The maximum atomic E-state index is 12.9. The van der Waals surface area contributed by atoms with Gasteiger partial charge in [0.15, 0.2) is 17.4 Å². The van der Waals surface area contributed by atoms with Gasteiger partial charge in [0.25, 0.3) is 0 Å². The predicted molar refractivity (Wildman–Crippen MR) is 112 cm³/mol. The average molecular weight is 504 g/mol. The summed E-state index contributed by atoms with van der Waals surface area (Å²) in [5.74, 6) is 0.966. The molecule has 0 radical (unpaired) electrons. The molecule has 3 rings (SSSR count). The van der Waals surface area contributed by atoms with Gasteiger partial charge in [-0.25, -0.2) is 4.99 Å². The molecular formula is C18H20F3IN6. The summed E-state index contributed by atoms with van der Waals surface area (Å²) in [6.45, 7) is 0.675. The van der Waals surface area contributed by atoms with Crippen LogP contribution in [0.25, 0.3) is 5.65 Å². The molecule has 0 aliphatic rings. The van der Waals surface area contributed by atoms with Crippen LogP contribution in [0, 0.1) is 0 Å². The van der Waals surface area contributed by atoms with Gasteiger partial charge in [0, 0.05) is 20.3 Å². The highest BCUT2D eigenvalue weighted by Crippen LogP contribution is 2.29. The van der Waals surface area contributed by atoms with E-state index in [-0.39, 0.29) is 30.5 Å². The summed E-state index contributed by atoms with van der Waals surface area (Å²) in [5, 5.41) is 11.0. The monoisotopic (exact) mass is 504 g/mol. The molecule has 28 heavy (non-hydrogen) atoms. The number of pyridine rings is 1. The molecule has 0 spiro atoms. The van der Waals surface area contributed by atoms with Crippen molar-refractivity contribution in [3.05, 3.63) is 65.6 Å². The molecule has 0 aliphatic heterocycles. The number of nitrogens with one attached hydrogen (secondary N) is 1. The van der Waals surface area contributed by atoms with Crippen molar-refractivity contribution in [3.63, 3.8) is 0 Å². The van der Waals surface area contributed by atoms with Gasteiger partial charge in [-0.1, -0.05) is 30.3 Å². The van der Waals surface area contributed by atoms with Crippen molar-refractivity contribution in [2.45, 2.75) is 19.3 Å². The highest BCUT2D eigenvalue weighted by Gasteiger charge is 2.31. The second-order valence-corrected chi connectivity index (χ2v) is 6.13. The number of nitrogens with zero attached hydrogens (tertiary/aromatic N) is 5. The fourth-order valence-corrected chi connectivity index (χ4v) is 2.49. The van der Waals surface area contributed by atoms with Crippen LogP contribution in [0.5, 0.6) is 0 Å². The number of hydrogen-bond donors (Lipinski definition) is 1. The molecule has 3 aromatic rings. The van der Waals surface area contributed by atoms with Gasteiger partial charge < -0.3 is 10.2 Å². The van der Waals surface area contributed by atoms with E-state index in [1.54, 1.807) is 4.90 Å². The number of benzene rings is 1. The van der Waals surface area contributed by atoms with Crippen LogP contribution in [0.15, 0.2) is 53.7 Å². The lowest BCUT2D eigenvalue weighted by molar-refractivity contribution is -0.137. The van der Waals surface area contributed by atoms with Crippen LogP contribution < -0.4 is 5.32 Å². The third-order valence-electron chi connectivity index (χ3n) is 3.88. The van der Waals surface area contributed by atoms with Gasteiger partial charge in [0.2, 0.25) is 0 Å². The molecule has 0 atom stereocenters. The molecule has 2 heterocycles. The number of aliphatic imine (C=N–C) groups is 1. The molecule has 0 saturated carbocycles. The maximum Gasteiger partial charge on any atom is 0.417 e. The summed E-state index contributed by atoms with van der Waals surface area (Å²) in [6, 6.07) is 12.1. The molecule has 2 aromatic heterocycles. The van der Waals surface area contributed by atoms with Crippen LogP contribution in [0.3, 0.4) is 0 Å². The highest BCUT2D eigenvalue weighted by molar-refractivity contribution is 14.0. The smallest absolute Gasteiger partial charge is 0.349 e. The molecular weight excluding hydrogens is 484 g/mol. The number of halogens is 4. The fourth-order valence-electron chi connectivity index (χ4n) is 2.49. The van der Waals surface area contributed by atoms with Crippen LogP contribution in [0.1, 0.15) is 17.0 Å². The van der Waals surface area contributed by atoms with E-state index in [0.717, 1.165) is 17.8 Å². The number of guanidine groups is 1. The van der Waals surface area contributed by atoms with Crippen LogP contribution in [0.2, 0.25) is 0 Å². The van der Waals surface area contributed by atoms with Gasteiger partial charge in [-0.05, 0) is 17.7 Å². The lowest BCUT2D eigenvalue weighted by Gasteiger charge is -2.17. The molecule has 0 saturated heterocycles. The lowest BCUT2D eigenvalue weighted by atomic mass is 10.2. The largest absolute Gasteiger partial charge is 0.417 e. The van der Waals surface area contributed by atoms with Crippen LogP contribution in [0.4, 0.5) is 13.2 Å². The Hall–Kier alpha value is -2.37. The van der Waals surface area contributed by atoms with E-state index in [1.165, 1.54) is 10.5 Å². The van der Waals surface area contributed by atoms with E-state index in [1.807, 2.05) is 44.4 Å². The number of rotatable bonds is 4. The maximum absolute atomic E-state index is 12.9. The Balaban J connectivity index is 0.00000280. The second kappa shape index (κ2) is 9.22. The number of aromatic nitrogens is 3. The van der Waals surface area contributed by atoms with Crippen molar-refractivity contribution in [2.24, 2.45) is 4.99 Å². The Morgan fingerprint density at radius 3 is 2.46 bits per heavy atom. The van der Waals surface area contributed by atoms with E-state index < -0.39 is 11.7 Å². The SMILES string of the molecule is CN(C)C(=NCc1ccccc1)NCc1nnc2ccc(C(F)(F)F)cn12.I. The third-order valence-corrected chi connectivity index (χ3v) is 3.88. The first-order valence-corrected chi connectivity index (χ1v) is 8.25. The van der Waals surface area contributed by atoms with E-state index in [9.17, 15) is 13.2 Å². The topological polar surface area (TPSA) is 57.8 Å². The predicted octanol–water partition coefficient (Wildman–Crippen LogP) is 3.57. The Morgan fingerprint density at radius 2 is 1.82 bits per heavy atom. The Kier molecular flexibility index (Phi) is 7.22. The van der Waals surface area contributed by atoms with Gasteiger partial charge >= 0.3 is 6.18 Å². The van der Waals surface area contributed by atoms with Crippen molar-refractivity contribution >= 4 is 35.6 Å². The Labute approximate surface area is 177 Å². The van der Waals surface area contributed by atoms with Crippen molar-refractivity contribution in [3.8, 4) is 0 Å². The first kappa shape index (κ1) is 21.9. The van der Waals surface area contributed by atoms with Gasteiger partial charge in [-0.15, -0.1) is 34.2 Å². The fraction of sp³-hybridized carbons (Fsp3) is 0.278. The molecule has 0 aliphatic carbocycles. The van der Waals surface area contributed by atoms with Crippen LogP contribution >= 0.6 is 24.0 Å². The summed E-state index contributed by atoms with van der Waals surface area (Å²) in [6.07, 6.45) is -3.42. The molecule has 0 amide bonds. The van der Waals surface area contributed by atoms with E-state index in [0.29, 0.717) is 24.0 Å². The minimum absolute atomic E-state index is 0. The van der Waals surface area contributed by atoms with Crippen molar-refractivity contribution in [2.75, 3.05) is 14.1 Å². The van der Waals surface area contributed by atoms with Crippen LogP contribution in [-0.4, -0.2) is 39.6 Å². The molecule has 10 heteroatoms. The highest BCUT2D eigenvalue weighted by atomic mass is 127. The van der Waals surface area contributed by atoms with Crippen molar-refractivity contribution in [1.29, 1.82) is 0 Å². The number of hydrogen-bond acceptors (Lipinski definition) is 3. The summed E-state index contributed by atoms with van der Waals surface area (Å²) in [7, 11) is 3.67. The van der Waals surface area contributed by atoms with Gasteiger partial charge in [0.1, 0.15) is 0 Å². The minimum atomic E-state index is -4.42. The molecule has 6 nitrogen and oxygen atoms in total. The summed E-state index contributed by atoms with van der Waals surface area (Å²) < 4.78 is 40.2. The van der Waals surface area contributed by atoms with Crippen molar-refractivity contribution in [1.82, 2.24) is 24.8 Å². The average Bonchev–Trinajstić information content (AvgIpc) is 3.04. The third kappa shape index (κ3) is 5.33. The molecule has 1 aromatic carbocycles. The minimum Gasteiger partial charge on any atom is -0.349 e. The van der Waals surface area contributed by atoms with Crippen LogP contribution in [-0.2, 0) is 19.3 Å². The number of alkyl halides is 3. The first-order valence-electron chi connectivity index (χ1n) is 8.25. The van der Waals surface area contributed by atoms with Crippen molar-refractivity contribution < 1.29 is 13.2 Å².